The SMILES string of the molecule is COc1ccc2c(c1)[C@H](CC(=O)c1ccccc1)[C@@H]1C(=O)/C(=C(\NS(=O)(=O)c3ccc(C)cc3)c3ccccc3)[C@H](c3ccccc3)[C@H]21. The summed E-state index contributed by atoms with van der Waals surface area (Å²) in [6, 6.07) is 40.5. The highest BCUT2D eigenvalue weighted by molar-refractivity contribution is 7.89. The molecule has 6 nitrogen and oxygen atoms in total. The van der Waals surface area contributed by atoms with Crippen molar-refractivity contribution in [1.82, 2.24) is 4.72 Å². The minimum absolute atomic E-state index is 0.0557. The molecule has 5 aromatic carbocycles. The van der Waals surface area contributed by atoms with E-state index in [1.54, 1.807) is 43.5 Å². The molecule has 0 bridgehead atoms. The predicted octanol–water partition coefficient (Wildman–Crippen LogP) is 7.83. The Kier molecular flexibility index (Phi) is 8.31. The minimum atomic E-state index is -4.08. The number of benzene rings is 5. The quantitative estimate of drug-likeness (QED) is 0.129. The molecular weight excluding hydrogens is 619 g/mol. The van der Waals surface area contributed by atoms with Crippen LogP contribution in [0.25, 0.3) is 5.70 Å². The van der Waals surface area contributed by atoms with Crippen LogP contribution < -0.4 is 9.46 Å². The Morgan fingerprint density at radius 1 is 0.729 bits per heavy atom. The molecule has 0 spiro atoms. The molecule has 1 N–H and O–H groups in total. The molecule has 48 heavy (non-hydrogen) atoms. The summed E-state index contributed by atoms with van der Waals surface area (Å²) in [6.07, 6.45) is 0.127. The number of rotatable bonds is 9. The number of fused-ring (bicyclic) bond motifs is 3. The van der Waals surface area contributed by atoms with Crippen molar-refractivity contribution in [2.45, 2.75) is 36.0 Å². The summed E-state index contributed by atoms with van der Waals surface area (Å²) in [4.78, 5) is 29.0. The van der Waals surface area contributed by atoms with Crippen LogP contribution in [0.5, 0.6) is 5.75 Å². The first-order chi connectivity index (χ1) is 23.3. The first-order valence-corrected chi connectivity index (χ1v) is 17.5. The van der Waals surface area contributed by atoms with Gasteiger partial charge < -0.3 is 4.74 Å². The van der Waals surface area contributed by atoms with Gasteiger partial charge in [-0.05, 0) is 53.4 Å². The smallest absolute Gasteiger partial charge is 0.261 e. The van der Waals surface area contributed by atoms with Crippen molar-refractivity contribution < 1.29 is 22.7 Å². The van der Waals surface area contributed by atoms with Crippen molar-refractivity contribution in [1.29, 1.82) is 0 Å². The van der Waals surface area contributed by atoms with Crippen LogP contribution in [-0.4, -0.2) is 27.1 Å². The summed E-state index contributed by atoms with van der Waals surface area (Å²) in [5.41, 5.74) is 5.55. The molecule has 0 unspecified atom stereocenters. The van der Waals surface area contributed by atoms with Crippen LogP contribution in [-0.2, 0) is 14.8 Å². The van der Waals surface area contributed by atoms with E-state index in [4.69, 9.17) is 4.74 Å². The second-order valence-electron chi connectivity index (χ2n) is 12.5. The Bertz CT molecular complexity index is 2130. The van der Waals surface area contributed by atoms with Crippen LogP contribution in [0.4, 0.5) is 0 Å². The summed E-state index contributed by atoms with van der Waals surface area (Å²) >= 11 is 0. The largest absolute Gasteiger partial charge is 0.497 e. The molecule has 0 saturated heterocycles. The Hall–Kier alpha value is -5.27. The number of sulfonamides is 1. The number of carbonyl (C=O) groups is 2. The number of hydrogen-bond donors (Lipinski definition) is 1. The van der Waals surface area contributed by atoms with E-state index in [-0.39, 0.29) is 34.5 Å². The lowest BCUT2D eigenvalue weighted by Crippen LogP contribution is -2.26. The van der Waals surface area contributed by atoms with Gasteiger partial charge in [-0.3, -0.25) is 14.3 Å². The monoisotopic (exact) mass is 653 g/mol. The van der Waals surface area contributed by atoms with Gasteiger partial charge in [0, 0.05) is 41.2 Å². The molecule has 7 heteroatoms. The summed E-state index contributed by atoms with van der Waals surface area (Å²) < 4.78 is 36.5. The zero-order chi connectivity index (χ0) is 33.4. The van der Waals surface area contributed by atoms with E-state index in [1.807, 2.05) is 104 Å². The minimum Gasteiger partial charge on any atom is -0.497 e. The zero-order valence-corrected chi connectivity index (χ0v) is 27.5. The van der Waals surface area contributed by atoms with Crippen LogP contribution in [0, 0.1) is 12.8 Å². The van der Waals surface area contributed by atoms with Gasteiger partial charge in [-0.15, -0.1) is 0 Å². The third-order valence-corrected chi connectivity index (χ3v) is 11.0. The number of allylic oxidation sites excluding steroid dienone is 1. The number of carbonyl (C=O) groups excluding carboxylic acids is 2. The summed E-state index contributed by atoms with van der Waals surface area (Å²) in [6.45, 7) is 1.90. The lowest BCUT2D eigenvalue weighted by Gasteiger charge is -2.24. The normalized spacial score (nSPS) is 20.9. The van der Waals surface area contributed by atoms with E-state index in [0.717, 1.165) is 22.3 Å². The highest BCUT2D eigenvalue weighted by atomic mass is 32.2. The lowest BCUT2D eigenvalue weighted by molar-refractivity contribution is -0.118. The number of aryl methyl sites for hydroxylation is 1. The fourth-order valence-corrected chi connectivity index (χ4v) is 8.57. The maximum Gasteiger partial charge on any atom is 0.261 e. The molecule has 0 radical (unpaired) electrons. The van der Waals surface area contributed by atoms with E-state index >= 15 is 4.79 Å². The van der Waals surface area contributed by atoms with Crippen molar-refractivity contribution in [3.05, 3.63) is 172 Å². The molecule has 7 rings (SSSR count). The average Bonchev–Trinajstić information content (AvgIpc) is 3.59. The van der Waals surface area contributed by atoms with Gasteiger partial charge in [0.1, 0.15) is 5.75 Å². The number of methoxy groups -OCH3 is 1. The highest BCUT2D eigenvalue weighted by Crippen LogP contribution is 2.63. The lowest BCUT2D eigenvalue weighted by atomic mass is 9.80. The fourth-order valence-electron chi connectivity index (χ4n) is 7.46. The average molecular weight is 654 g/mol. The Morgan fingerprint density at radius 3 is 1.96 bits per heavy atom. The molecule has 2 aliphatic rings. The fraction of sp³-hybridized carbons (Fsp3) is 0.171. The number of hydrogen-bond acceptors (Lipinski definition) is 5. The van der Waals surface area contributed by atoms with E-state index in [9.17, 15) is 13.2 Å². The molecule has 1 fully saturated rings. The van der Waals surface area contributed by atoms with Gasteiger partial charge in [-0.1, -0.05) is 115 Å². The second kappa shape index (κ2) is 12.7. The van der Waals surface area contributed by atoms with Gasteiger partial charge in [0.15, 0.2) is 11.6 Å². The zero-order valence-electron chi connectivity index (χ0n) is 26.7. The first kappa shape index (κ1) is 31.3. The van der Waals surface area contributed by atoms with Crippen molar-refractivity contribution in [3.63, 3.8) is 0 Å². The van der Waals surface area contributed by atoms with Gasteiger partial charge in [0.25, 0.3) is 10.0 Å². The van der Waals surface area contributed by atoms with Gasteiger partial charge in [-0.2, -0.15) is 0 Å². The molecule has 240 valence electrons. The molecule has 1 saturated carbocycles. The molecule has 0 heterocycles. The van der Waals surface area contributed by atoms with Crippen molar-refractivity contribution in [2.75, 3.05) is 7.11 Å². The summed E-state index contributed by atoms with van der Waals surface area (Å²) in [5.74, 6) is -1.41. The Balaban J connectivity index is 1.45. The molecule has 2 aliphatic carbocycles. The van der Waals surface area contributed by atoms with Gasteiger partial charge in [0.05, 0.1) is 17.7 Å². The molecule has 0 amide bonds. The van der Waals surface area contributed by atoms with E-state index < -0.39 is 27.8 Å². The van der Waals surface area contributed by atoms with Crippen molar-refractivity contribution in [2.24, 2.45) is 5.92 Å². The maximum absolute atomic E-state index is 15.2. The van der Waals surface area contributed by atoms with Gasteiger partial charge in [0.2, 0.25) is 0 Å². The number of nitrogens with one attached hydrogen (secondary N) is 1. The standard InChI is InChI=1S/C41H35NO5S/c1-26-18-21-31(22-19-26)48(45,46)42-40(29-16-10-5-11-17-29)39-36(28-14-8-4-9-15-28)37-32-23-20-30(47-2)24-33(32)34(38(37)41(39)44)25-35(43)27-12-6-3-7-13-27/h3-24,34,36-38,42H,25H2,1-2H3/b40-39-/t34-,36+,37-,38-/m0/s1. The number of ketones is 2. The number of Topliss-reactive ketones (excluding diaryl/α,β-unsaturated/α-hetero) is 2. The van der Waals surface area contributed by atoms with Crippen LogP contribution in [0.1, 0.15) is 62.3 Å². The molecule has 5 aromatic rings. The predicted molar refractivity (Wildman–Crippen MR) is 186 cm³/mol. The molecule has 4 atom stereocenters. The van der Waals surface area contributed by atoms with Gasteiger partial charge >= 0.3 is 0 Å². The third-order valence-electron chi connectivity index (χ3n) is 9.67. The molecule has 0 aliphatic heterocycles. The van der Waals surface area contributed by atoms with Crippen LogP contribution in [0.3, 0.4) is 0 Å². The molecule has 0 aromatic heterocycles. The summed E-state index contributed by atoms with van der Waals surface area (Å²) in [7, 11) is -2.48. The topological polar surface area (TPSA) is 89.5 Å². The second-order valence-corrected chi connectivity index (χ2v) is 14.2. The summed E-state index contributed by atoms with van der Waals surface area (Å²) in [5, 5.41) is 0. The Morgan fingerprint density at radius 2 is 1.33 bits per heavy atom. The van der Waals surface area contributed by atoms with Crippen molar-refractivity contribution >= 4 is 27.3 Å². The van der Waals surface area contributed by atoms with E-state index in [1.165, 1.54) is 0 Å². The number of ether oxygens (including phenoxy) is 1. The third kappa shape index (κ3) is 5.64. The van der Waals surface area contributed by atoms with Crippen LogP contribution in [0.15, 0.2) is 144 Å². The van der Waals surface area contributed by atoms with Gasteiger partial charge in [-0.25, -0.2) is 8.42 Å². The Labute approximate surface area is 281 Å². The van der Waals surface area contributed by atoms with Crippen LogP contribution in [0.2, 0.25) is 0 Å². The highest BCUT2D eigenvalue weighted by Gasteiger charge is 2.57. The van der Waals surface area contributed by atoms with E-state index in [0.29, 0.717) is 22.4 Å². The van der Waals surface area contributed by atoms with Crippen LogP contribution >= 0.6 is 0 Å². The first-order valence-electron chi connectivity index (χ1n) is 16.0. The molecular formula is C41H35NO5S. The van der Waals surface area contributed by atoms with E-state index in [2.05, 4.69) is 4.72 Å². The maximum atomic E-state index is 15.2. The van der Waals surface area contributed by atoms with Crippen molar-refractivity contribution in [3.8, 4) is 5.75 Å².